The zero-order chi connectivity index (χ0) is 10.3. The average Bonchev–Trinajstić information content (AvgIpc) is 2.84. The molecule has 3 aromatic heterocycles. The Kier molecular flexibility index (Phi) is 1.76. The second-order valence-corrected chi connectivity index (χ2v) is 3.50. The van der Waals surface area contributed by atoms with Crippen LogP contribution in [-0.4, -0.2) is 14.6 Å². The minimum absolute atomic E-state index is 0.558. The summed E-state index contributed by atoms with van der Waals surface area (Å²) in [6.07, 6.45) is 3.35. The lowest BCUT2D eigenvalue weighted by atomic mass is 10.4. The van der Waals surface area contributed by atoms with Gasteiger partial charge in [-0.1, -0.05) is 11.6 Å². The number of hydrogen-bond donors (Lipinski definition) is 0. The summed E-state index contributed by atoms with van der Waals surface area (Å²) in [4.78, 5) is 4.29. The van der Waals surface area contributed by atoms with Gasteiger partial charge in [0.2, 0.25) is 5.82 Å². The van der Waals surface area contributed by atoms with E-state index in [0.29, 0.717) is 22.3 Å². The van der Waals surface area contributed by atoms with Gasteiger partial charge < -0.3 is 4.42 Å². The number of halogens is 1. The smallest absolute Gasteiger partial charge is 0.217 e. The monoisotopic (exact) mass is 219 g/mol. The molecule has 0 atom stereocenters. The summed E-state index contributed by atoms with van der Waals surface area (Å²) < 4.78 is 6.86. The van der Waals surface area contributed by atoms with Crippen molar-refractivity contribution in [3.63, 3.8) is 0 Å². The van der Waals surface area contributed by atoms with E-state index in [1.807, 2.05) is 6.07 Å². The van der Waals surface area contributed by atoms with E-state index in [-0.39, 0.29) is 0 Å². The molecule has 0 N–H and O–H groups in total. The van der Waals surface area contributed by atoms with Gasteiger partial charge in [-0.2, -0.15) is 0 Å². The van der Waals surface area contributed by atoms with E-state index in [1.165, 1.54) is 0 Å². The Bertz CT molecular complexity index is 600. The van der Waals surface area contributed by atoms with Gasteiger partial charge in [0.25, 0.3) is 0 Å². The molecule has 0 unspecified atom stereocenters. The number of furan rings is 1. The predicted octanol–water partition coefficient (Wildman–Crippen LogP) is 2.64. The molecule has 0 bridgehead atoms. The molecule has 5 heteroatoms. The highest BCUT2D eigenvalue weighted by Crippen LogP contribution is 2.17. The van der Waals surface area contributed by atoms with E-state index >= 15 is 0 Å². The molecule has 0 aliphatic carbocycles. The van der Waals surface area contributed by atoms with Crippen LogP contribution in [0, 0.1) is 0 Å². The number of fused-ring (bicyclic) bond motifs is 1. The maximum absolute atomic E-state index is 5.85. The van der Waals surface area contributed by atoms with Crippen molar-refractivity contribution in [3.05, 3.63) is 41.7 Å². The number of rotatable bonds is 1. The number of aromatic nitrogens is 3. The Morgan fingerprint density at radius 3 is 3.07 bits per heavy atom. The third-order valence-electron chi connectivity index (χ3n) is 2.04. The first-order valence-electron chi connectivity index (χ1n) is 4.39. The molecule has 0 radical (unpaired) electrons. The van der Waals surface area contributed by atoms with Crippen LogP contribution in [0.4, 0.5) is 0 Å². The van der Waals surface area contributed by atoms with Gasteiger partial charge in [-0.3, -0.25) is 0 Å². The van der Waals surface area contributed by atoms with E-state index in [2.05, 4.69) is 10.1 Å². The lowest BCUT2D eigenvalue weighted by Gasteiger charge is -1.89. The predicted molar refractivity (Wildman–Crippen MR) is 55.7 cm³/mol. The van der Waals surface area contributed by atoms with Gasteiger partial charge in [-0.05, 0) is 18.2 Å². The van der Waals surface area contributed by atoms with Crippen molar-refractivity contribution in [2.45, 2.75) is 0 Å². The van der Waals surface area contributed by atoms with E-state index in [0.717, 1.165) is 0 Å². The standard InChI is InChI=1S/C10H6ClN3O/c11-7-3-4-14-9(6-7)12-10(13-14)8-2-1-5-15-8/h1-6H. The molecule has 3 rings (SSSR count). The van der Waals surface area contributed by atoms with Crippen molar-refractivity contribution >= 4 is 17.2 Å². The molecule has 3 heterocycles. The topological polar surface area (TPSA) is 43.3 Å². The van der Waals surface area contributed by atoms with Gasteiger partial charge in [-0.15, -0.1) is 5.10 Å². The Balaban J connectivity index is 2.22. The minimum atomic E-state index is 0.558. The molecule has 74 valence electrons. The lowest BCUT2D eigenvalue weighted by molar-refractivity contribution is 0.577. The average molecular weight is 220 g/mol. The quantitative estimate of drug-likeness (QED) is 0.632. The first-order valence-corrected chi connectivity index (χ1v) is 4.76. The first-order chi connectivity index (χ1) is 7.33. The maximum atomic E-state index is 5.85. The molecule has 4 nitrogen and oxygen atoms in total. The third kappa shape index (κ3) is 1.39. The minimum Gasteiger partial charge on any atom is -0.461 e. The van der Waals surface area contributed by atoms with Crippen LogP contribution in [0.25, 0.3) is 17.2 Å². The molecule has 0 saturated carbocycles. The van der Waals surface area contributed by atoms with Gasteiger partial charge in [0.1, 0.15) is 0 Å². The highest BCUT2D eigenvalue weighted by Gasteiger charge is 2.08. The molecule has 0 spiro atoms. The molecule has 15 heavy (non-hydrogen) atoms. The van der Waals surface area contributed by atoms with Gasteiger partial charge in [0, 0.05) is 17.3 Å². The highest BCUT2D eigenvalue weighted by atomic mass is 35.5. The highest BCUT2D eigenvalue weighted by molar-refractivity contribution is 6.30. The van der Waals surface area contributed by atoms with Crippen LogP contribution >= 0.6 is 11.6 Å². The molecule has 0 aliphatic rings. The van der Waals surface area contributed by atoms with Gasteiger partial charge in [0.15, 0.2) is 11.4 Å². The van der Waals surface area contributed by atoms with Gasteiger partial charge >= 0.3 is 0 Å². The van der Waals surface area contributed by atoms with Crippen molar-refractivity contribution in [3.8, 4) is 11.6 Å². The van der Waals surface area contributed by atoms with Gasteiger partial charge in [-0.25, -0.2) is 9.50 Å². The van der Waals surface area contributed by atoms with E-state index < -0.39 is 0 Å². The molecule has 0 amide bonds. The van der Waals surface area contributed by atoms with Crippen molar-refractivity contribution in [2.24, 2.45) is 0 Å². The Morgan fingerprint density at radius 1 is 1.33 bits per heavy atom. The zero-order valence-electron chi connectivity index (χ0n) is 7.59. The summed E-state index contributed by atoms with van der Waals surface area (Å²) in [5, 5.41) is 4.89. The van der Waals surface area contributed by atoms with E-state index in [1.54, 1.807) is 35.2 Å². The fourth-order valence-corrected chi connectivity index (χ4v) is 1.52. The summed E-state index contributed by atoms with van der Waals surface area (Å²) in [7, 11) is 0. The second-order valence-electron chi connectivity index (χ2n) is 3.06. The van der Waals surface area contributed by atoms with Gasteiger partial charge in [0.05, 0.1) is 6.26 Å². The van der Waals surface area contributed by atoms with E-state index in [9.17, 15) is 0 Å². The first kappa shape index (κ1) is 8.49. The summed E-state index contributed by atoms with van der Waals surface area (Å²) in [6, 6.07) is 7.13. The summed E-state index contributed by atoms with van der Waals surface area (Å²) in [5.41, 5.74) is 0.703. The molecule has 0 fully saturated rings. The van der Waals surface area contributed by atoms with Crippen LogP contribution in [0.3, 0.4) is 0 Å². The van der Waals surface area contributed by atoms with Crippen molar-refractivity contribution < 1.29 is 4.42 Å². The number of nitrogens with zero attached hydrogens (tertiary/aromatic N) is 3. The lowest BCUT2D eigenvalue weighted by Crippen LogP contribution is -1.84. The van der Waals surface area contributed by atoms with Crippen LogP contribution in [0.15, 0.2) is 41.1 Å². The normalized spacial score (nSPS) is 11.0. The fraction of sp³-hybridized carbons (Fsp3) is 0. The summed E-state index contributed by atoms with van der Waals surface area (Å²) >= 11 is 5.85. The van der Waals surface area contributed by atoms with Crippen LogP contribution in [-0.2, 0) is 0 Å². The van der Waals surface area contributed by atoms with Crippen LogP contribution in [0.2, 0.25) is 5.02 Å². The largest absolute Gasteiger partial charge is 0.461 e. The number of pyridine rings is 1. The van der Waals surface area contributed by atoms with Crippen molar-refractivity contribution in [1.29, 1.82) is 0 Å². The molecule has 0 aliphatic heterocycles. The third-order valence-corrected chi connectivity index (χ3v) is 2.28. The molecule has 0 aromatic carbocycles. The SMILES string of the molecule is Clc1ccn2nc(-c3ccco3)nc2c1. The Labute approximate surface area is 90.1 Å². The van der Waals surface area contributed by atoms with Crippen LogP contribution in [0.1, 0.15) is 0 Å². The summed E-state index contributed by atoms with van der Waals surface area (Å²) in [6.45, 7) is 0. The fourth-order valence-electron chi connectivity index (χ4n) is 1.37. The molecule has 3 aromatic rings. The molecular weight excluding hydrogens is 214 g/mol. The van der Waals surface area contributed by atoms with E-state index in [4.69, 9.17) is 16.0 Å². The molecule has 0 saturated heterocycles. The Hall–Kier alpha value is -1.81. The number of hydrogen-bond acceptors (Lipinski definition) is 3. The van der Waals surface area contributed by atoms with Crippen molar-refractivity contribution in [1.82, 2.24) is 14.6 Å². The maximum Gasteiger partial charge on any atom is 0.217 e. The van der Waals surface area contributed by atoms with Crippen LogP contribution < -0.4 is 0 Å². The Morgan fingerprint density at radius 2 is 2.27 bits per heavy atom. The zero-order valence-corrected chi connectivity index (χ0v) is 8.35. The van der Waals surface area contributed by atoms with Crippen molar-refractivity contribution in [2.75, 3.05) is 0 Å². The summed E-state index contributed by atoms with van der Waals surface area (Å²) in [5.74, 6) is 1.21. The molecular formula is C10H6ClN3O. The second kappa shape index (κ2) is 3.10. The van der Waals surface area contributed by atoms with Crippen LogP contribution in [0.5, 0.6) is 0 Å².